The van der Waals surface area contributed by atoms with Gasteiger partial charge >= 0.3 is 5.97 Å². The quantitative estimate of drug-likeness (QED) is 0.340. The Labute approximate surface area is 201 Å². The van der Waals surface area contributed by atoms with Gasteiger partial charge in [0.05, 0.1) is 23.0 Å². The van der Waals surface area contributed by atoms with Crippen molar-refractivity contribution in [2.75, 3.05) is 4.90 Å². The molecule has 0 amide bonds. The number of phenols is 1. The van der Waals surface area contributed by atoms with Crippen molar-refractivity contribution >= 4 is 29.0 Å². The van der Waals surface area contributed by atoms with Crippen molar-refractivity contribution in [1.82, 2.24) is 10.3 Å². The van der Waals surface area contributed by atoms with Crippen molar-refractivity contribution in [3.8, 4) is 17.1 Å². The van der Waals surface area contributed by atoms with Crippen LogP contribution >= 0.6 is 12.2 Å². The number of benzene rings is 2. The Balaban J connectivity index is 1.60. The minimum atomic E-state index is -0.975. The van der Waals surface area contributed by atoms with E-state index in [1.807, 2.05) is 48.2 Å². The van der Waals surface area contributed by atoms with Gasteiger partial charge in [0.1, 0.15) is 23.3 Å². The van der Waals surface area contributed by atoms with Gasteiger partial charge in [0, 0.05) is 11.8 Å². The van der Waals surface area contributed by atoms with Crippen LogP contribution in [0.15, 0.2) is 83.4 Å². The number of phenolic OH excluding ortho intramolecular Hbond substituents is 1. The first kappa shape index (κ1) is 21.7. The highest BCUT2D eigenvalue weighted by molar-refractivity contribution is 7.80. The average Bonchev–Trinajstić information content (AvgIpc) is 3.44. The highest BCUT2D eigenvalue weighted by atomic mass is 32.1. The predicted octanol–water partition coefficient (Wildman–Crippen LogP) is 5.23. The van der Waals surface area contributed by atoms with Crippen LogP contribution in [0.1, 0.15) is 39.5 Å². The van der Waals surface area contributed by atoms with Crippen molar-refractivity contribution in [3.63, 3.8) is 0 Å². The smallest absolute Gasteiger partial charge is 0.335 e. The van der Waals surface area contributed by atoms with Crippen LogP contribution in [0.4, 0.5) is 5.69 Å². The summed E-state index contributed by atoms with van der Waals surface area (Å²) in [6.45, 7) is 1.85. The van der Waals surface area contributed by atoms with E-state index in [1.54, 1.807) is 42.6 Å². The molecule has 170 valence electrons. The number of nitrogens with zero attached hydrogens (tertiary/aromatic N) is 2. The lowest BCUT2D eigenvalue weighted by Gasteiger charge is -2.26. The summed E-state index contributed by atoms with van der Waals surface area (Å²) in [5, 5.41) is 23.6. The van der Waals surface area contributed by atoms with E-state index >= 15 is 0 Å². The first-order valence-corrected chi connectivity index (χ1v) is 11.1. The SMILES string of the molecule is Cc1cc(C(=O)O)ccc1-c1ccc([C@H]2[C@H](c3ccccn3)NC(=S)N2c2ccccc2O)o1. The van der Waals surface area contributed by atoms with Crippen LogP contribution in [0.3, 0.4) is 0 Å². The summed E-state index contributed by atoms with van der Waals surface area (Å²) in [4.78, 5) is 17.7. The molecule has 0 bridgehead atoms. The third kappa shape index (κ3) is 3.78. The van der Waals surface area contributed by atoms with Crippen LogP contribution in [0.5, 0.6) is 5.75 Å². The highest BCUT2D eigenvalue weighted by Crippen LogP contribution is 2.45. The van der Waals surface area contributed by atoms with E-state index in [0.717, 1.165) is 16.8 Å². The van der Waals surface area contributed by atoms with Gasteiger partial charge in [0.25, 0.3) is 0 Å². The molecule has 7 nitrogen and oxygen atoms in total. The molecule has 4 aromatic rings. The van der Waals surface area contributed by atoms with E-state index in [2.05, 4.69) is 10.3 Å². The maximum absolute atomic E-state index is 11.3. The third-order valence-corrected chi connectivity index (χ3v) is 6.21. The molecule has 0 spiro atoms. The predicted molar refractivity (Wildman–Crippen MR) is 132 cm³/mol. The summed E-state index contributed by atoms with van der Waals surface area (Å²) in [6.07, 6.45) is 1.72. The fourth-order valence-corrected chi connectivity index (χ4v) is 4.64. The number of rotatable bonds is 5. The lowest BCUT2D eigenvalue weighted by Crippen LogP contribution is -2.29. The van der Waals surface area contributed by atoms with Gasteiger partial charge in [-0.1, -0.05) is 24.3 Å². The van der Waals surface area contributed by atoms with Gasteiger partial charge in [-0.05, 0) is 73.2 Å². The number of aromatic nitrogens is 1. The second-order valence-corrected chi connectivity index (χ2v) is 8.41. The molecule has 1 aliphatic rings. The van der Waals surface area contributed by atoms with Gasteiger partial charge in [0.2, 0.25) is 0 Å². The molecule has 0 radical (unpaired) electrons. The fraction of sp³-hybridized carbons (Fsp3) is 0.115. The summed E-state index contributed by atoms with van der Waals surface area (Å²) >= 11 is 5.67. The number of carbonyl (C=O) groups is 1. The molecule has 2 aromatic carbocycles. The number of aromatic hydroxyl groups is 1. The third-order valence-electron chi connectivity index (χ3n) is 5.90. The van der Waals surface area contributed by atoms with Crippen LogP contribution in [0, 0.1) is 6.92 Å². The summed E-state index contributed by atoms with van der Waals surface area (Å²) in [5.41, 5.74) is 3.16. The van der Waals surface area contributed by atoms with Crippen LogP contribution in [-0.4, -0.2) is 26.3 Å². The van der Waals surface area contributed by atoms with Crippen LogP contribution in [0.2, 0.25) is 0 Å². The fourth-order valence-electron chi connectivity index (χ4n) is 4.30. The molecule has 3 heterocycles. The van der Waals surface area contributed by atoms with E-state index < -0.39 is 12.0 Å². The number of furan rings is 1. The number of aromatic carboxylic acids is 1. The van der Waals surface area contributed by atoms with Gasteiger partial charge in [-0.2, -0.15) is 0 Å². The lowest BCUT2D eigenvalue weighted by molar-refractivity contribution is 0.0696. The van der Waals surface area contributed by atoms with Gasteiger partial charge in [-0.3, -0.25) is 4.98 Å². The minimum Gasteiger partial charge on any atom is -0.506 e. The monoisotopic (exact) mass is 471 g/mol. The molecular weight excluding hydrogens is 450 g/mol. The molecule has 0 unspecified atom stereocenters. The van der Waals surface area contributed by atoms with Crippen molar-refractivity contribution < 1.29 is 19.4 Å². The molecule has 34 heavy (non-hydrogen) atoms. The van der Waals surface area contributed by atoms with Crippen molar-refractivity contribution in [2.45, 2.75) is 19.0 Å². The number of carboxylic acid groups (broad SMARTS) is 1. The molecule has 0 aliphatic carbocycles. The Morgan fingerprint density at radius 3 is 2.59 bits per heavy atom. The zero-order valence-electron chi connectivity index (χ0n) is 18.2. The second kappa shape index (κ2) is 8.64. The van der Waals surface area contributed by atoms with Crippen LogP contribution in [0.25, 0.3) is 11.3 Å². The summed E-state index contributed by atoms with van der Waals surface area (Å²) in [6, 6.07) is 20.6. The van der Waals surface area contributed by atoms with Crippen LogP contribution < -0.4 is 10.2 Å². The molecule has 0 saturated carbocycles. The molecule has 2 aromatic heterocycles. The Bertz CT molecular complexity index is 1390. The number of anilines is 1. The summed E-state index contributed by atoms with van der Waals surface area (Å²) in [7, 11) is 0. The van der Waals surface area contributed by atoms with E-state index in [0.29, 0.717) is 22.3 Å². The molecule has 1 aliphatic heterocycles. The first-order chi connectivity index (χ1) is 16.4. The molecule has 3 N–H and O–H groups in total. The molecular formula is C26H21N3O4S. The normalized spacial score (nSPS) is 17.6. The van der Waals surface area contributed by atoms with E-state index in [4.69, 9.17) is 16.6 Å². The molecule has 5 rings (SSSR count). The number of pyridine rings is 1. The number of aryl methyl sites for hydroxylation is 1. The molecule has 1 fully saturated rings. The van der Waals surface area contributed by atoms with Crippen molar-refractivity contribution in [2.24, 2.45) is 0 Å². The Hall–Kier alpha value is -4.17. The number of hydrogen-bond acceptors (Lipinski definition) is 5. The van der Waals surface area contributed by atoms with Crippen LogP contribution in [-0.2, 0) is 0 Å². The van der Waals surface area contributed by atoms with Crippen molar-refractivity contribution in [1.29, 1.82) is 0 Å². The molecule has 8 heteroatoms. The maximum atomic E-state index is 11.3. The number of hydrogen-bond donors (Lipinski definition) is 3. The van der Waals surface area contributed by atoms with Gasteiger partial charge < -0.3 is 24.8 Å². The number of para-hydroxylation sites is 2. The second-order valence-electron chi connectivity index (χ2n) is 8.02. The first-order valence-electron chi connectivity index (χ1n) is 10.7. The largest absolute Gasteiger partial charge is 0.506 e. The molecule has 2 atom stereocenters. The Kier molecular flexibility index (Phi) is 5.51. The Morgan fingerprint density at radius 2 is 1.88 bits per heavy atom. The summed E-state index contributed by atoms with van der Waals surface area (Å²) in [5.74, 6) is 0.365. The van der Waals surface area contributed by atoms with E-state index in [-0.39, 0.29) is 17.4 Å². The summed E-state index contributed by atoms with van der Waals surface area (Å²) < 4.78 is 6.33. The zero-order valence-corrected chi connectivity index (χ0v) is 19.0. The number of nitrogens with one attached hydrogen (secondary N) is 1. The van der Waals surface area contributed by atoms with Gasteiger partial charge in [-0.25, -0.2) is 4.79 Å². The lowest BCUT2D eigenvalue weighted by atomic mass is 10.0. The van der Waals surface area contributed by atoms with E-state index in [9.17, 15) is 15.0 Å². The number of carboxylic acids is 1. The standard InChI is InChI=1S/C26H21N3O4S/c1-15-14-16(25(31)32)9-10-17(15)21-11-12-22(33-21)24-23(18-6-4-5-13-27-18)28-26(34)29(24)19-7-2-3-8-20(19)30/h2-14,23-24,30H,1H3,(H,28,34)(H,31,32)/t23-,24-/m0/s1. The number of thiocarbonyl (C=S) groups is 1. The molecule has 1 saturated heterocycles. The topological polar surface area (TPSA) is 98.8 Å². The zero-order chi connectivity index (χ0) is 23.8. The van der Waals surface area contributed by atoms with E-state index in [1.165, 1.54) is 0 Å². The van der Waals surface area contributed by atoms with Gasteiger partial charge in [0.15, 0.2) is 5.11 Å². The van der Waals surface area contributed by atoms with Gasteiger partial charge in [-0.15, -0.1) is 0 Å². The maximum Gasteiger partial charge on any atom is 0.335 e. The average molecular weight is 472 g/mol. The van der Waals surface area contributed by atoms with Crippen molar-refractivity contribution in [3.05, 3.63) is 102 Å². The highest BCUT2D eigenvalue weighted by Gasteiger charge is 2.43. The Morgan fingerprint density at radius 1 is 1.09 bits per heavy atom. The minimum absolute atomic E-state index is 0.102.